The molecule has 2 rings (SSSR count). The molecular formula is C27H42O3. The predicted molar refractivity (Wildman–Crippen MR) is 124 cm³/mol. The highest BCUT2D eigenvalue weighted by atomic mass is 16.4. The second kappa shape index (κ2) is 12.9. The molecule has 0 bridgehead atoms. The zero-order valence-corrected chi connectivity index (χ0v) is 19.0. The fourth-order valence-corrected chi connectivity index (χ4v) is 5.05. The SMILES string of the molecule is CCC(=O)C1(CCCCCC/C=C\CCCCCC2(C(=O)O)CC=CC2)CC=CC1. The standard InChI is InChI=1S/C27H42O3/c1-2-24(28)26(19-14-15-20-26)18-12-10-8-6-4-3-5-7-9-11-13-21-27(25(29)30)22-16-17-23-27/h3,5,14-17H,2,4,6-13,18-23H2,1H3,(H,29,30)/b5-3-. The highest BCUT2D eigenvalue weighted by Gasteiger charge is 2.38. The number of Topliss-reactive ketones (excluding diaryl/α,β-unsaturated/α-hetero) is 1. The second-order valence-corrected chi connectivity index (χ2v) is 9.43. The minimum Gasteiger partial charge on any atom is -0.481 e. The van der Waals surface area contributed by atoms with E-state index in [4.69, 9.17) is 0 Å². The van der Waals surface area contributed by atoms with Crippen LogP contribution in [0.25, 0.3) is 0 Å². The lowest BCUT2D eigenvalue weighted by Crippen LogP contribution is -2.27. The number of carboxylic acids is 1. The summed E-state index contributed by atoms with van der Waals surface area (Å²) >= 11 is 0. The summed E-state index contributed by atoms with van der Waals surface area (Å²) in [7, 11) is 0. The fraction of sp³-hybridized carbons (Fsp3) is 0.704. The van der Waals surface area contributed by atoms with E-state index in [0.29, 0.717) is 25.0 Å². The molecule has 0 aromatic carbocycles. The van der Waals surface area contributed by atoms with Crippen molar-refractivity contribution in [3.05, 3.63) is 36.5 Å². The van der Waals surface area contributed by atoms with Crippen LogP contribution in [0.5, 0.6) is 0 Å². The maximum absolute atomic E-state index is 12.3. The van der Waals surface area contributed by atoms with Gasteiger partial charge in [-0.2, -0.15) is 0 Å². The van der Waals surface area contributed by atoms with Crippen LogP contribution in [0, 0.1) is 10.8 Å². The number of rotatable bonds is 16. The van der Waals surface area contributed by atoms with Crippen LogP contribution >= 0.6 is 0 Å². The molecule has 0 spiro atoms. The van der Waals surface area contributed by atoms with Gasteiger partial charge in [0.2, 0.25) is 0 Å². The average molecular weight is 415 g/mol. The molecule has 0 aromatic rings. The number of hydrogen-bond acceptors (Lipinski definition) is 2. The molecule has 2 aliphatic carbocycles. The maximum atomic E-state index is 12.3. The Morgan fingerprint density at radius 1 is 0.733 bits per heavy atom. The highest BCUT2D eigenvalue weighted by Crippen LogP contribution is 2.40. The van der Waals surface area contributed by atoms with Crippen molar-refractivity contribution in [3.8, 4) is 0 Å². The summed E-state index contributed by atoms with van der Waals surface area (Å²) < 4.78 is 0. The number of carboxylic acid groups (broad SMARTS) is 1. The molecule has 0 saturated carbocycles. The lowest BCUT2D eigenvalue weighted by molar-refractivity contribution is -0.148. The Labute approximate surface area is 183 Å². The van der Waals surface area contributed by atoms with E-state index in [1.807, 2.05) is 19.1 Å². The molecule has 30 heavy (non-hydrogen) atoms. The molecular weight excluding hydrogens is 372 g/mol. The number of carbonyl (C=O) groups excluding carboxylic acids is 1. The number of carbonyl (C=O) groups is 2. The first-order chi connectivity index (χ1) is 14.5. The van der Waals surface area contributed by atoms with Gasteiger partial charge in [-0.1, -0.05) is 75.5 Å². The quantitative estimate of drug-likeness (QED) is 0.209. The fourth-order valence-electron chi connectivity index (χ4n) is 5.05. The van der Waals surface area contributed by atoms with Crippen LogP contribution in [0.3, 0.4) is 0 Å². The Hall–Kier alpha value is -1.64. The number of allylic oxidation sites excluding steroid dienone is 6. The third-order valence-corrected chi connectivity index (χ3v) is 7.20. The normalized spacial score (nSPS) is 19.1. The zero-order valence-electron chi connectivity index (χ0n) is 19.0. The molecule has 0 amide bonds. The first-order valence-corrected chi connectivity index (χ1v) is 12.3. The van der Waals surface area contributed by atoms with E-state index in [2.05, 4.69) is 24.3 Å². The number of ketones is 1. The van der Waals surface area contributed by atoms with Crippen LogP contribution in [-0.4, -0.2) is 16.9 Å². The summed E-state index contributed by atoms with van der Waals surface area (Å²) in [5.74, 6) is -0.173. The monoisotopic (exact) mass is 414 g/mol. The van der Waals surface area contributed by atoms with Gasteiger partial charge in [-0.05, 0) is 64.2 Å². The predicted octanol–water partition coefficient (Wildman–Crippen LogP) is 7.57. The lowest BCUT2D eigenvalue weighted by atomic mass is 9.75. The highest BCUT2D eigenvalue weighted by molar-refractivity contribution is 5.85. The molecule has 0 aromatic heterocycles. The summed E-state index contributed by atoms with van der Waals surface area (Å²) in [6.07, 6.45) is 29.3. The van der Waals surface area contributed by atoms with Crippen molar-refractivity contribution in [2.45, 2.75) is 110 Å². The molecule has 0 aliphatic heterocycles. The van der Waals surface area contributed by atoms with Gasteiger partial charge in [-0.25, -0.2) is 0 Å². The smallest absolute Gasteiger partial charge is 0.310 e. The maximum Gasteiger partial charge on any atom is 0.310 e. The van der Waals surface area contributed by atoms with Gasteiger partial charge >= 0.3 is 5.97 Å². The van der Waals surface area contributed by atoms with Gasteiger partial charge in [0.1, 0.15) is 5.78 Å². The van der Waals surface area contributed by atoms with Crippen molar-refractivity contribution >= 4 is 11.8 Å². The van der Waals surface area contributed by atoms with Crippen LogP contribution < -0.4 is 0 Å². The molecule has 168 valence electrons. The summed E-state index contributed by atoms with van der Waals surface area (Å²) in [5.41, 5.74) is -0.569. The van der Waals surface area contributed by atoms with E-state index in [-0.39, 0.29) is 5.41 Å². The minimum atomic E-state index is -0.626. The van der Waals surface area contributed by atoms with E-state index in [0.717, 1.165) is 57.8 Å². The van der Waals surface area contributed by atoms with Gasteiger partial charge in [0.25, 0.3) is 0 Å². The number of aliphatic carboxylic acids is 1. The Morgan fingerprint density at radius 3 is 1.67 bits per heavy atom. The van der Waals surface area contributed by atoms with E-state index < -0.39 is 11.4 Å². The number of hydrogen-bond donors (Lipinski definition) is 1. The molecule has 0 atom stereocenters. The molecule has 0 fully saturated rings. The molecule has 2 aliphatic rings. The molecule has 3 heteroatoms. The van der Waals surface area contributed by atoms with E-state index in [1.165, 1.54) is 25.7 Å². The summed E-state index contributed by atoms with van der Waals surface area (Å²) in [6, 6.07) is 0. The molecule has 0 heterocycles. The summed E-state index contributed by atoms with van der Waals surface area (Å²) in [6.45, 7) is 1.99. The van der Waals surface area contributed by atoms with Crippen LogP contribution in [-0.2, 0) is 9.59 Å². The molecule has 0 saturated heterocycles. The Kier molecular flexibility index (Phi) is 10.6. The van der Waals surface area contributed by atoms with Crippen LogP contribution in [0.1, 0.15) is 110 Å². The van der Waals surface area contributed by atoms with Crippen LogP contribution in [0.4, 0.5) is 0 Å². The lowest BCUT2D eigenvalue weighted by Gasteiger charge is -2.27. The molecule has 3 nitrogen and oxygen atoms in total. The van der Waals surface area contributed by atoms with Crippen molar-refractivity contribution in [3.63, 3.8) is 0 Å². The topological polar surface area (TPSA) is 54.4 Å². The largest absolute Gasteiger partial charge is 0.481 e. The number of unbranched alkanes of at least 4 members (excludes halogenated alkanes) is 7. The Balaban J connectivity index is 1.44. The van der Waals surface area contributed by atoms with Gasteiger partial charge in [0, 0.05) is 11.8 Å². The van der Waals surface area contributed by atoms with Crippen molar-refractivity contribution in [2.75, 3.05) is 0 Å². The first kappa shape index (κ1) is 24.6. The van der Waals surface area contributed by atoms with Crippen molar-refractivity contribution < 1.29 is 14.7 Å². The van der Waals surface area contributed by atoms with Crippen molar-refractivity contribution in [1.82, 2.24) is 0 Å². The van der Waals surface area contributed by atoms with Crippen molar-refractivity contribution in [2.24, 2.45) is 10.8 Å². The zero-order chi connectivity index (χ0) is 21.7. The first-order valence-electron chi connectivity index (χ1n) is 12.3. The molecule has 1 N–H and O–H groups in total. The van der Waals surface area contributed by atoms with Gasteiger partial charge in [0.15, 0.2) is 0 Å². The van der Waals surface area contributed by atoms with Gasteiger partial charge in [0.05, 0.1) is 5.41 Å². The second-order valence-electron chi connectivity index (χ2n) is 9.43. The van der Waals surface area contributed by atoms with Gasteiger partial charge < -0.3 is 5.11 Å². The Bertz CT molecular complexity index is 610. The van der Waals surface area contributed by atoms with Crippen LogP contribution in [0.2, 0.25) is 0 Å². The summed E-state index contributed by atoms with van der Waals surface area (Å²) in [4.78, 5) is 23.8. The average Bonchev–Trinajstić information content (AvgIpc) is 3.42. The summed E-state index contributed by atoms with van der Waals surface area (Å²) in [5, 5.41) is 9.48. The van der Waals surface area contributed by atoms with Crippen LogP contribution in [0.15, 0.2) is 36.5 Å². The van der Waals surface area contributed by atoms with E-state index in [1.54, 1.807) is 0 Å². The van der Waals surface area contributed by atoms with E-state index in [9.17, 15) is 14.7 Å². The molecule has 0 unspecified atom stereocenters. The third kappa shape index (κ3) is 7.25. The van der Waals surface area contributed by atoms with Gasteiger partial charge in [-0.3, -0.25) is 9.59 Å². The van der Waals surface area contributed by atoms with Gasteiger partial charge in [-0.15, -0.1) is 0 Å². The Morgan fingerprint density at radius 2 is 1.17 bits per heavy atom. The molecule has 0 radical (unpaired) electrons. The van der Waals surface area contributed by atoms with E-state index >= 15 is 0 Å². The van der Waals surface area contributed by atoms with Crippen molar-refractivity contribution in [1.29, 1.82) is 0 Å². The minimum absolute atomic E-state index is 0.0625. The third-order valence-electron chi connectivity index (χ3n) is 7.20.